The molecule has 0 atom stereocenters. The van der Waals surface area contributed by atoms with Crippen LogP contribution < -0.4 is 0 Å². The Morgan fingerprint density at radius 3 is 1.45 bits per heavy atom. The van der Waals surface area contributed by atoms with Crippen LogP contribution in [-0.4, -0.2) is 34.8 Å². The summed E-state index contributed by atoms with van der Waals surface area (Å²) in [6.07, 6.45) is 1.50. The number of rotatable bonds is 0. The van der Waals surface area contributed by atoms with Crippen LogP contribution in [0.2, 0.25) is 0 Å². The molecule has 0 saturated heterocycles. The predicted octanol–water partition coefficient (Wildman–Crippen LogP) is -1.10. The summed E-state index contributed by atoms with van der Waals surface area (Å²) < 4.78 is 4.25. The van der Waals surface area contributed by atoms with Crippen molar-refractivity contribution in [1.82, 2.24) is 0 Å². The van der Waals surface area contributed by atoms with Gasteiger partial charge in [0.25, 0.3) is 5.97 Å². The van der Waals surface area contributed by atoms with Crippen LogP contribution in [0.25, 0.3) is 0 Å². The first-order valence-corrected chi connectivity index (χ1v) is 3.04. The highest BCUT2D eigenvalue weighted by Crippen LogP contribution is 1.58. The molecule has 0 aromatic heterocycles. The third kappa shape index (κ3) is 689. The Morgan fingerprint density at radius 1 is 1.36 bits per heavy atom. The number of isocyanates is 2. The number of nitrogens with one attached hydrogen (secondary N) is 2. The first-order chi connectivity index (χ1) is 5.10. The smallest absolute Gasteiger partial charge is 0.499 e. The van der Waals surface area contributed by atoms with E-state index >= 15 is 0 Å². The van der Waals surface area contributed by atoms with Crippen molar-refractivity contribution >= 4 is 34.8 Å². The minimum absolute atomic E-state index is 0.184. The maximum atomic E-state index is 9.62. The largest absolute Gasteiger partial charge is 0.622 e. The molecule has 0 spiro atoms. The van der Waals surface area contributed by atoms with E-state index < -0.39 is 0 Å². The van der Waals surface area contributed by atoms with Crippen LogP contribution in [-0.2, 0) is 18.2 Å². The molecule has 7 heteroatoms. The van der Waals surface area contributed by atoms with E-state index in [-0.39, 0.29) is 5.97 Å². The normalized spacial score (nSPS) is 4.45. The molecule has 0 bridgehead atoms. The lowest BCUT2D eigenvalue weighted by Gasteiger charge is -1.84. The zero-order valence-electron chi connectivity index (χ0n) is 6.13. The lowest BCUT2D eigenvalue weighted by molar-refractivity contribution is -0.131. The lowest BCUT2D eigenvalue weighted by Crippen LogP contribution is -1.90. The van der Waals surface area contributed by atoms with Crippen LogP contribution in [0.4, 0.5) is 0 Å². The quantitative estimate of drug-likeness (QED) is 0.276. The topological polar surface area (TPSA) is 108 Å². The maximum absolute atomic E-state index is 9.62. The van der Waals surface area contributed by atoms with Crippen molar-refractivity contribution in [1.29, 1.82) is 10.8 Å². The fraction of sp³-hybridized carbons (Fsp3) is 0.250. The summed E-state index contributed by atoms with van der Waals surface area (Å²) in [5.74, 6) is -0.184. The van der Waals surface area contributed by atoms with Crippen LogP contribution in [0.3, 0.4) is 0 Å². The second kappa shape index (κ2) is 23.3. The number of carbonyl (C=O) groups is 1. The van der Waals surface area contributed by atoms with Gasteiger partial charge in [-0.3, -0.25) is 4.79 Å². The predicted molar refractivity (Wildman–Crippen MR) is 37.1 cm³/mol. The van der Waals surface area contributed by atoms with Gasteiger partial charge in [0.15, 0.2) is 0 Å². The second-order valence-electron chi connectivity index (χ2n) is 0.900. The molecule has 0 fully saturated rings. The lowest BCUT2D eigenvalue weighted by atomic mass is 10.9. The highest BCUT2D eigenvalue weighted by molar-refractivity contribution is 6.04. The molecule has 6 nitrogen and oxygen atoms in total. The summed E-state index contributed by atoms with van der Waals surface area (Å²) in [7, 11) is 0. The summed E-state index contributed by atoms with van der Waals surface area (Å²) in [6, 6.07) is 0. The van der Waals surface area contributed by atoms with Gasteiger partial charge in [-0.05, 0) is 0 Å². The van der Waals surface area contributed by atoms with Crippen molar-refractivity contribution in [3.63, 3.8) is 0 Å². The molecule has 60 valence electrons. The minimum atomic E-state index is -0.184. The molecule has 2 N–H and O–H groups in total. The average molecular weight is 174 g/mol. The Labute approximate surface area is 71.3 Å². The van der Waals surface area contributed by atoms with Gasteiger partial charge in [-0.2, -0.15) is 0 Å². The molecule has 0 aliphatic rings. The van der Waals surface area contributed by atoms with E-state index in [0.717, 1.165) is 12.2 Å². The summed E-state index contributed by atoms with van der Waals surface area (Å²) in [5, 5.41) is 10.8. The fourth-order valence-electron chi connectivity index (χ4n) is 0. The van der Waals surface area contributed by atoms with Crippen LogP contribution in [0.15, 0.2) is 0 Å². The van der Waals surface area contributed by atoms with Crippen LogP contribution in [0.1, 0.15) is 6.92 Å². The molecule has 0 heterocycles. The molecule has 0 aliphatic carbocycles. The molecule has 0 aromatic rings. The van der Waals surface area contributed by atoms with E-state index in [1.54, 1.807) is 0 Å². The van der Waals surface area contributed by atoms with Gasteiger partial charge in [0.05, 0.1) is 0 Å². The average Bonchev–Trinajstić information content (AvgIpc) is 1.91. The van der Waals surface area contributed by atoms with Gasteiger partial charge in [-0.15, -0.1) is 0 Å². The van der Waals surface area contributed by atoms with E-state index in [1.165, 1.54) is 6.92 Å². The molecule has 0 rings (SSSR count). The third-order valence-corrected chi connectivity index (χ3v) is 0.862. The van der Waals surface area contributed by atoms with E-state index in [1.807, 2.05) is 0 Å². The Kier molecular flexibility index (Phi) is 34.7. The fourth-order valence-corrected chi connectivity index (χ4v) is 0. The molecule has 0 radical (unpaired) electrons. The van der Waals surface area contributed by atoms with E-state index in [4.69, 9.17) is 20.4 Å². The van der Waals surface area contributed by atoms with Crippen molar-refractivity contribution in [2.75, 3.05) is 0 Å². The monoisotopic (exact) mass is 174 g/mol. The summed E-state index contributed by atoms with van der Waals surface area (Å²) in [5.41, 5.74) is 0. The first-order valence-electron chi connectivity index (χ1n) is 2.22. The van der Waals surface area contributed by atoms with Crippen LogP contribution in [0, 0.1) is 10.8 Å². The number of hydrogen-bond acceptors (Lipinski definition) is 6. The van der Waals surface area contributed by atoms with Gasteiger partial charge in [0, 0.05) is 6.92 Å². The second-order valence-corrected chi connectivity index (χ2v) is 1.31. The highest BCUT2D eigenvalue weighted by atomic mass is 27.1. The van der Waals surface area contributed by atoms with Crippen molar-refractivity contribution in [3.8, 4) is 0 Å². The van der Waals surface area contributed by atoms with Gasteiger partial charge in [-0.1, -0.05) is 0 Å². The molecule has 0 saturated carbocycles. The van der Waals surface area contributed by atoms with Crippen molar-refractivity contribution in [3.05, 3.63) is 0 Å². The van der Waals surface area contributed by atoms with Gasteiger partial charge >= 0.3 is 16.6 Å². The zero-order chi connectivity index (χ0) is 9.70. The summed E-state index contributed by atoms with van der Waals surface area (Å²) >= 11 is 0.524. The SMILES string of the molecule is CC(=O)[O][AlH2].N=C=O.N=C=O. The standard InChI is InChI=1S/C2H4O2.2CHNO.Al.2H/c1-2(3)4;2*2-1-3;;;/h1H3,(H,3,4);2*2H;;;/q;;;+1;;/p-1. The van der Waals surface area contributed by atoms with Crippen molar-refractivity contribution < 1.29 is 18.2 Å². The van der Waals surface area contributed by atoms with Crippen molar-refractivity contribution in [2.45, 2.75) is 6.92 Å². The molecular formula is C4H7AlN2O4. The molecular weight excluding hydrogens is 167 g/mol. The van der Waals surface area contributed by atoms with Gasteiger partial charge in [0.1, 0.15) is 0 Å². The highest BCUT2D eigenvalue weighted by Gasteiger charge is 1.74. The van der Waals surface area contributed by atoms with Crippen molar-refractivity contribution in [2.24, 2.45) is 0 Å². The summed E-state index contributed by atoms with van der Waals surface area (Å²) in [4.78, 5) is 26.3. The number of carbonyl (C=O) groups excluding carboxylic acids is 3. The Balaban J connectivity index is -0.0000000933. The number of hydrogen-bond donors (Lipinski definition) is 2. The van der Waals surface area contributed by atoms with Gasteiger partial charge in [0.2, 0.25) is 12.2 Å². The Bertz CT molecular complexity index is 145. The van der Waals surface area contributed by atoms with Crippen LogP contribution in [0.5, 0.6) is 0 Å². The van der Waals surface area contributed by atoms with Gasteiger partial charge in [-0.25, -0.2) is 20.4 Å². The third-order valence-electron chi connectivity index (χ3n) is 0.287. The molecule has 0 amide bonds. The molecule has 11 heavy (non-hydrogen) atoms. The van der Waals surface area contributed by atoms with Crippen LogP contribution >= 0.6 is 0 Å². The van der Waals surface area contributed by atoms with E-state index in [0.29, 0.717) is 16.6 Å². The summed E-state index contributed by atoms with van der Waals surface area (Å²) in [6.45, 7) is 1.40. The van der Waals surface area contributed by atoms with E-state index in [9.17, 15) is 4.79 Å². The Morgan fingerprint density at radius 2 is 1.45 bits per heavy atom. The first kappa shape index (κ1) is 16.4. The van der Waals surface area contributed by atoms with Gasteiger partial charge < -0.3 is 3.79 Å². The molecule has 0 unspecified atom stereocenters. The zero-order valence-corrected chi connectivity index (χ0v) is 8.13. The van der Waals surface area contributed by atoms with E-state index in [2.05, 4.69) is 3.79 Å². The molecule has 0 aliphatic heterocycles. The minimum Gasteiger partial charge on any atom is -0.622 e. The molecule has 0 aromatic carbocycles. The Hall–Kier alpha value is -1.24. The maximum Gasteiger partial charge on any atom is 0.499 e.